The van der Waals surface area contributed by atoms with E-state index in [1.165, 1.54) is 10.7 Å². The zero-order valence-corrected chi connectivity index (χ0v) is 16.6. The van der Waals surface area contributed by atoms with E-state index in [-0.39, 0.29) is 5.56 Å². The second kappa shape index (κ2) is 6.63. The summed E-state index contributed by atoms with van der Waals surface area (Å²) in [5, 5.41) is 12.2. The molecule has 1 aliphatic rings. The normalized spacial score (nSPS) is 19.9. The van der Waals surface area contributed by atoms with Gasteiger partial charge in [0.1, 0.15) is 17.2 Å². The first kappa shape index (κ1) is 17.7. The molecule has 2 atom stereocenters. The summed E-state index contributed by atoms with van der Waals surface area (Å²) in [5.74, 6) is 0.644. The second-order valence-corrected chi connectivity index (χ2v) is 7.69. The molecule has 5 heterocycles. The zero-order valence-electron chi connectivity index (χ0n) is 16.6. The molecule has 5 rings (SSSR count). The third kappa shape index (κ3) is 3.23. The number of fused-ring (bicyclic) bond motifs is 2. The Balaban J connectivity index is 1.55. The number of rotatable bonds is 2. The first-order valence-electron chi connectivity index (χ1n) is 9.72. The smallest absolute Gasteiger partial charge is 0.258 e. The molecule has 0 bridgehead atoms. The second-order valence-electron chi connectivity index (χ2n) is 7.69. The molecule has 0 saturated carbocycles. The standard InChI is InChI=1S/C20H22N8O/c1-12-9-26(10-13(2)21-12)15-4-6-18-23-17(8-20(29)27(18)11-15)16-5-7-19-22-14(3)24-28(19)25-16/h4-8,11-13,21H,9-10H2,1-3H3/t12-,13-/m0/s1. The molecular weight excluding hydrogens is 368 g/mol. The van der Waals surface area contributed by atoms with Crippen LogP contribution in [-0.4, -0.2) is 54.4 Å². The fourth-order valence-electron chi connectivity index (χ4n) is 3.97. The summed E-state index contributed by atoms with van der Waals surface area (Å²) < 4.78 is 3.05. The molecule has 1 N–H and O–H groups in total. The van der Waals surface area contributed by atoms with Crippen LogP contribution in [-0.2, 0) is 0 Å². The maximum absolute atomic E-state index is 12.8. The lowest BCUT2D eigenvalue weighted by atomic mass is 10.1. The molecule has 9 nitrogen and oxygen atoms in total. The number of anilines is 1. The first-order valence-corrected chi connectivity index (χ1v) is 9.72. The highest BCUT2D eigenvalue weighted by atomic mass is 16.1. The fraction of sp³-hybridized carbons (Fsp3) is 0.350. The summed E-state index contributed by atoms with van der Waals surface area (Å²) in [5.41, 5.74) is 3.22. The Bertz CT molecular complexity index is 1270. The van der Waals surface area contributed by atoms with Crippen LogP contribution < -0.4 is 15.8 Å². The Morgan fingerprint density at radius 1 is 0.966 bits per heavy atom. The van der Waals surface area contributed by atoms with Crippen LogP contribution in [0.5, 0.6) is 0 Å². The van der Waals surface area contributed by atoms with E-state index in [0.717, 1.165) is 18.8 Å². The van der Waals surface area contributed by atoms with Gasteiger partial charge in [-0.3, -0.25) is 9.20 Å². The van der Waals surface area contributed by atoms with Gasteiger partial charge in [0.2, 0.25) is 0 Å². The highest BCUT2D eigenvalue weighted by molar-refractivity contribution is 5.60. The lowest BCUT2D eigenvalue weighted by Gasteiger charge is -2.37. The summed E-state index contributed by atoms with van der Waals surface area (Å²) >= 11 is 0. The van der Waals surface area contributed by atoms with Crippen LogP contribution >= 0.6 is 0 Å². The number of nitrogens with one attached hydrogen (secondary N) is 1. The van der Waals surface area contributed by atoms with Crippen LogP contribution in [0.3, 0.4) is 0 Å². The van der Waals surface area contributed by atoms with Gasteiger partial charge in [-0.1, -0.05) is 0 Å². The van der Waals surface area contributed by atoms with Crippen LogP contribution in [0.15, 0.2) is 41.3 Å². The zero-order chi connectivity index (χ0) is 20.1. The monoisotopic (exact) mass is 390 g/mol. The number of aryl methyl sites for hydroxylation is 1. The van der Waals surface area contributed by atoms with Crippen LogP contribution in [0.25, 0.3) is 22.7 Å². The van der Waals surface area contributed by atoms with Crippen molar-refractivity contribution in [3.05, 3.63) is 52.7 Å². The van der Waals surface area contributed by atoms with Gasteiger partial charge in [0.05, 0.1) is 11.4 Å². The molecule has 1 fully saturated rings. The maximum atomic E-state index is 12.8. The van der Waals surface area contributed by atoms with E-state index >= 15 is 0 Å². The summed E-state index contributed by atoms with van der Waals surface area (Å²) in [6.07, 6.45) is 1.87. The number of piperazine rings is 1. The Kier molecular flexibility index (Phi) is 4.06. The Morgan fingerprint density at radius 2 is 1.72 bits per heavy atom. The van der Waals surface area contributed by atoms with Gasteiger partial charge in [0.25, 0.3) is 5.56 Å². The third-order valence-corrected chi connectivity index (χ3v) is 5.14. The maximum Gasteiger partial charge on any atom is 0.258 e. The molecule has 9 heteroatoms. The Labute approximate surface area is 167 Å². The van der Waals surface area contributed by atoms with Crippen LogP contribution in [0, 0.1) is 6.92 Å². The van der Waals surface area contributed by atoms with Crippen molar-refractivity contribution < 1.29 is 0 Å². The van der Waals surface area contributed by atoms with Gasteiger partial charge in [-0.25, -0.2) is 9.97 Å². The molecule has 29 heavy (non-hydrogen) atoms. The van der Waals surface area contributed by atoms with E-state index in [0.29, 0.717) is 40.6 Å². The molecule has 0 radical (unpaired) electrons. The lowest BCUT2D eigenvalue weighted by molar-refractivity contribution is 0.407. The highest BCUT2D eigenvalue weighted by Gasteiger charge is 2.21. The average molecular weight is 390 g/mol. The van der Waals surface area contributed by atoms with Crippen molar-refractivity contribution in [2.75, 3.05) is 18.0 Å². The summed E-state index contributed by atoms with van der Waals surface area (Å²) in [4.78, 5) is 24.1. The van der Waals surface area contributed by atoms with Crippen molar-refractivity contribution in [3.63, 3.8) is 0 Å². The van der Waals surface area contributed by atoms with Crippen molar-refractivity contribution in [1.29, 1.82) is 0 Å². The van der Waals surface area contributed by atoms with Crippen molar-refractivity contribution in [3.8, 4) is 11.4 Å². The van der Waals surface area contributed by atoms with Gasteiger partial charge >= 0.3 is 0 Å². The number of pyridine rings is 1. The van der Waals surface area contributed by atoms with E-state index in [9.17, 15) is 4.79 Å². The molecule has 0 unspecified atom stereocenters. The summed E-state index contributed by atoms with van der Waals surface area (Å²) in [6, 6.07) is 9.84. The van der Waals surface area contributed by atoms with Gasteiger partial charge in [0, 0.05) is 37.4 Å². The van der Waals surface area contributed by atoms with Crippen molar-refractivity contribution >= 4 is 17.0 Å². The van der Waals surface area contributed by atoms with E-state index in [2.05, 4.69) is 44.2 Å². The molecule has 148 valence electrons. The molecule has 0 aromatic carbocycles. The van der Waals surface area contributed by atoms with Crippen LogP contribution in [0.4, 0.5) is 5.69 Å². The Hall–Kier alpha value is -3.33. The number of hydrogen-bond acceptors (Lipinski definition) is 7. The molecule has 1 saturated heterocycles. The van der Waals surface area contributed by atoms with Crippen molar-refractivity contribution in [2.24, 2.45) is 0 Å². The number of hydrogen-bond donors (Lipinski definition) is 1. The Morgan fingerprint density at radius 3 is 2.52 bits per heavy atom. The van der Waals surface area contributed by atoms with Crippen LogP contribution in [0.2, 0.25) is 0 Å². The minimum atomic E-state index is -0.139. The van der Waals surface area contributed by atoms with Gasteiger partial charge in [-0.05, 0) is 45.0 Å². The molecule has 0 amide bonds. The fourth-order valence-corrected chi connectivity index (χ4v) is 3.97. The van der Waals surface area contributed by atoms with E-state index in [1.54, 1.807) is 10.5 Å². The molecular formula is C20H22N8O. The largest absolute Gasteiger partial charge is 0.367 e. The third-order valence-electron chi connectivity index (χ3n) is 5.14. The molecule has 0 spiro atoms. The number of nitrogens with zero attached hydrogens (tertiary/aromatic N) is 7. The molecule has 4 aromatic rings. The number of aromatic nitrogens is 6. The predicted octanol–water partition coefficient (Wildman–Crippen LogP) is 1.29. The first-order chi connectivity index (χ1) is 14.0. The van der Waals surface area contributed by atoms with Crippen LogP contribution in [0.1, 0.15) is 19.7 Å². The van der Waals surface area contributed by atoms with Crippen molar-refractivity contribution in [1.82, 2.24) is 34.5 Å². The average Bonchev–Trinajstić information content (AvgIpc) is 3.06. The van der Waals surface area contributed by atoms with Gasteiger partial charge in [0.15, 0.2) is 5.65 Å². The summed E-state index contributed by atoms with van der Waals surface area (Å²) in [7, 11) is 0. The molecule has 1 aliphatic heterocycles. The van der Waals surface area contributed by atoms with Gasteiger partial charge in [-0.2, -0.15) is 0 Å². The minimum Gasteiger partial charge on any atom is -0.367 e. The molecule has 0 aliphatic carbocycles. The highest BCUT2D eigenvalue weighted by Crippen LogP contribution is 2.19. The predicted molar refractivity (Wildman–Crippen MR) is 110 cm³/mol. The van der Waals surface area contributed by atoms with Gasteiger partial charge < -0.3 is 10.2 Å². The quantitative estimate of drug-likeness (QED) is 0.551. The van der Waals surface area contributed by atoms with E-state index in [4.69, 9.17) is 0 Å². The van der Waals surface area contributed by atoms with Gasteiger partial charge in [-0.15, -0.1) is 14.8 Å². The van der Waals surface area contributed by atoms with E-state index in [1.807, 2.05) is 31.3 Å². The topological polar surface area (TPSA) is 92.7 Å². The molecule has 4 aromatic heterocycles. The minimum absolute atomic E-state index is 0.139. The summed E-state index contributed by atoms with van der Waals surface area (Å²) in [6.45, 7) is 7.95. The van der Waals surface area contributed by atoms with E-state index < -0.39 is 0 Å². The SMILES string of the molecule is Cc1nc2ccc(-c3cc(=O)n4cc(N5C[C@H](C)N[C@@H](C)C5)ccc4n3)nn2n1. The lowest BCUT2D eigenvalue weighted by Crippen LogP contribution is -2.54. The van der Waals surface area contributed by atoms with Crippen molar-refractivity contribution in [2.45, 2.75) is 32.9 Å².